The Hall–Kier alpha value is -3.46. The van der Waals surface area contributed by atoms with Crippen molar-refractivity contribution in [3.05, 3.63) is 76.1 Å². The van der Waals surface area contributed by atoms with E-state index in [-0.39, 0.29) is 0 Å². The lowest BCUT2D eigenvalue weighted by molar-refractivity contribution is 0.720. The SMILES string of the molecule is CCc1nnc(NCc2ccc(N3CCc4ccccc4C3)nc2)c(C#N)c1CC. The highest BCUT2D eigenvalue weighted by atomic mass is 15.2. The van der Waals surface area contributed by atoms with Gasteiger partial charge in [0.05, 0.1) is 5.69 Å². The quantitative estimate of drug-likeness (QED) is 0.675. The highest BCUT2D eigenvalue weighted by molar-refractivity contribution is 5.56. The maximum absolute atomic E-state index is 9.62. The van der Waals surface area contributed by atoms with Gasteiger partial charge in [-0.2, -0.15) is 10.4 Å². The monoisotopic (exact) mass is 398 g/mol. The fourth-order valence-electron chi connectivity index (χ4n) is 4.00. The van der Waals surface area contributed by atoms with Crippen LogP contribution in [0.4, 0.5) is 11.6 Å². The van der Waals surface area contributed by atoms with E-state index >= 15 is 0 Å². The summed E-state index contributed by atoms with van der Waals surface area (Å²) in [6, 6.07) is 15.1. The van der Waals surface area contributed by atoms with E-state index in [1.54, 1.807) is 0 Å². The van der Waals surface area contributed by atoms with Crippen LogP contribution in [0.15, 0.2) is 42.6 Å². The summed E-state index contributed by atoms with van der Waals surface area (Å²) < 4.78 is 0. The van der Waals surface area contributed by atoms with Crippen molar-refractivity contribution < 1.29 is 0 Å². The molecule has 1 N–H and O–H groups in total. The third-order valence-electron chi connectivity index (χ3n) is 5.68. The summed E-state index contributed by atoms with van der Waals surface area (Å²) in [5.41, 5.74) is 6.33. The van der Waals surface area contributed by atoms with Gasteiger partial charge in [0.15, 0.2) is 5.82 Å². The minimum absolute atomic E-state index is 0.545. The Kier molecular flexibility index (Phi) is 5.89. The second kappa shape index (κ2) is 8.91. The molecule has 1 aliphatic heterocycles. The molecule has 30 heavy (non-hydrogen) atoms. The number of pyridine rings is 1. The molecule has 0 fully saturated rings. The largest absolute Gasteiger partial charge is 0.363 e. The van der Waals surface area contributed by atoms with Crippen molar-refractivity contribution in [2.45, 2.75) is 46.2 Å². The minimum Gasteiger partial charge on any atom is -0.363 e. The molecule has 0 amide bonds. The van der Waals surface area contributed by atoms with Gasteiger partial charge in [0.2, 0.25) is 0 Å². The molecule has 3 heterocycles. The molecule has 2 aromatic heterocycles. The molecule has 0 saturated carbocycles. The van der Waals surface area contributed by atoms with Gasteiger partial charge < -0.3 is 10.2 Å². The van der Waals surface area contributed by atoms with Gasteiger partial charge in [-0.05, 0) is 47.6 Å². The van der Waals surface area contributed by atoms with Crippen LogP contribution in [0.25, 0.3) is 0 Å². The first kappa shape index (κ1) is 19.8. The van der Waals surface area contributed by atoms with Crippen LogP contribution >= 0.6 is 0 Å². The van der Waals surface area contributed by atoms with E-state index < -0.39 is 0 Å². The fraction of sp³-hybridized carbons (Fsp3) is 0.333. The van der Waals surface area contributed by atoms with Gasteiger partial charge in [-0.3, -0.25) is 0 Å². The number of hydrogen-bond acceptors (Lipinski definition) is 6. The second-order valence-corrected chi connectivity index (χ2v) is 7.49. The number of nitrogens with zero attached hydrogens (tertiary/aromatic N) is 5. The van der Waals surface area contributed by atoms with E-state index in [2.05, 4.69) is 67.9 Å². The summed E-state index contributed by atoms with van der Waals surface area (Å²) in [6.45, 7) is 6.50. The third-order valence-corrected chi connectivity index (χ3v) is 5.68. The van der Waals surface area contributed by atoms with Crippen LogP contribution in [-0.4, -0.2) is 21.7 Å². The van der Waals surface area contributed by atoms with Crippen molar-refractivity contribution in [3.63, 3.8) is 0 Å². The first-order valence-corrected chi connectivity index (χ1v) is 10.5. The summed E-state index contributed by atoms with van der Waals surface area (Å²) >= 11 is 0. The van der Waals surface area contributed by atoms with Crippen molar-refractivity contribution in [3.8, 4) is 6.07 Å². The minimum atomic E-state index is 0.545. The molecule has 6 nitrogen and oxygen atoms in total. The molecule has 0 aliphatic carbocycles. The zero-order chi connectivity index (χ0) is 20.9. The Bertz CT molecular complexity index is 1070. The molecular formula is C24H26N6. The van der Waals surface area contributed by atoms with E-state index in [0.29, 0.717) is 17.9 Å². The Morgan fingerprint density at radius 2 is 1.90 bits per heavy atom. The van der Waals surface area contributed by atoms with Crippen LogP contribution in [0.5, 0.6) is 0 Å². The maximum atomic E-state index is 9.62. The summed E-state index contributed by atoms with van der Waals surface area (Å²) in [5.74, 6) is 1.54. The van der Waals surface area contributed by atoms with Crippen LogP contribution in [0.3, 0.4) is 0 Å². The van der Waals surface area contributed by atoms with E-state index in [0.717, 1.165) is 55.0 Å². The Labute approximate surface area is 177 Å². The van der Waals surface area contributed by atoms with Gasteiger partial charge in [-0.15, -0.1) is 5.10 Å². The molecule has 0 spiro atoms. The zero-order valence-corrected chi connectivity index (χ0v) is 17.5. The van der Waals surface area contributed by atoms with Crippen LogP contribution in [0, 0.1) is 11.3 Å². The number of nitrogens with one attached hydrogen (secondary N) is 1. The van der Waals surface area contributed by atoms with Crippen molar-refractivity contribution in [1.82, 2.24) is 15.2 Å². The number of benzene rings is 1. The van der Waals surface area contributed by atoms with Crippen molar-refractivity contribution >= 4 is 11.6 Å². The average molecular weight is 399 g/mol. The number of aryl methyl sites for hydroxylation is 1. The van der Waals surface area contributed by atoms with Gasteiger partial charge in [-0.25, -0.2) is 4.98 Å². The lowest BCUT2D eigenvalue weighted by atomic mass is 10.00. The Morgan fingerprint density at radius 3 is 2.60 bits per heavy atom. The van der Waals surface area contributed by atoms with Gasteiger partial charge in [0.1, 0.15) is 17.5 Å². The lowest BCUT2D eigenvalue weighted by Gasteiger charge is -2.29. The number of anilines is 2. The summed E-state index contributed by atoms with van der Waals surface area (Å²) in [5, 5.41) is 21.4. The van der Waals surface area contributed by atoms with Gasteiger partial charge >= 0.3 is 0 Å². The summed E-state index contributed by atoms with van der Waals surface area (Å²) in [6.07, 6.45) is 4.48. The number of aromatic nitrogens is 3. The molecule has 1 aromatic carbocycles. The Morgan fingerprint density at radius 1 is 1.07 bits per heavy atom. The van der Waals surface area contributed by atoms with Crippen LogP contribution in [0.2, 0.25) is 0 Å². The predicted octanol–water partition coefficient (Wildman–Crippen LogP) is 4.04. The second-order valence-electron chi connectivity index (χ2n) is 7.49. The van der Waals surface area contributed by atoms with Gasteiger partial charge in [-0.1, -0.05) is 44.2 Å². The zero-order valence-electron chi connectivity index (χ0n) is 17.5. The molecular weight excluding hydrogens is 372 g/mol. The van der Waals surface area contributed by atoms with E-state index in [1.807, 2.05) is 20.0 Å². The standard InChI is InChI=1S/C24H26N6/c1-3-20-21(13-25)24(29-28-22(20)4-2)27-15-17-9-10-23(26-14-17)30-12-11-18-7-5-6-8-19(18)16-30/h5-10,14H,3-4,11-12,15-16H2,1-2H3,(H,27,29). The normalized spacial score (nSPS) is 12.9. The predicted molar refractivity (Wildman–Crippen MR) is 118 cm³/mol. The lowest BCUT2D eigenvalue weighted by Crippen LogP contribution is -2.30. The first-order valence-electron chi connectivity index (χ1n) is 10.5. The summed E-state index contributed by atoms with van der Waals surface area (Å²) in [7, 11) is 0. The summed E-state index contributed by atoms with van der Waals surface area (Å²) in [4.78, 5) is 6.99. The third kappa shape index (κ3) is 3.97. The number of rotatable bonds is 6. The molecule has 3 aromatic rings. The fourth-order valence-corrected chi connectivity index (χ4v) is 4.00. The molecule has 6 heteroatoms. The molecule has 152 valence electrons. The topological polar surface area (TPSA) is 77.7 Å². The molecule has 0 unspecified atom stereocenters. The Balaban J connectivity index is 1.45. The van der Waals surface area contributed by atoms with Crippen LogP contribution < -0.4 is 10.2 Å². The van der Waals surface area contributed by atoms with Crippen LogP contribution in [-0.2, 0) is 32.4 Å². The molecule has 0 bridgehead atoms. The van der Waals surface area contributed by atoms with Crippen molar-refractivity contribution in [2.75, 3.05) is 16.8 Å². The van der Waals surface area contributed by atoms with E-state index in [1.165, 1.54) is 11.1 Å². The molecule has 4 rings (SSSR count). The average Bonchev–Trinajstić information content (AvgIpc) is 2.82. The molecule has 0 saturated heterocycles. The molecule has 0 radical (unpaired) electrons. The van der Waals surface area contributed by atoms with Crippen LogP contribution in [0.1, 0.15) is 47.4 Å². The molecule has 0 atom stereocenters. The highest BCUT2D eigenvalue weighted by Gasteiger charge is 2.17. The van der Waals surface area contributed by atoms with Crippen molar-refractivity contribution in [2.24, 2.45) is 0 Å². The van der Waals surface area contributed by atoms with Gasteiger partial charge in [0.25, 0.3) is 0 Å². The highest BCUT2D eigenvalue weighted by Crippen LogP contribution is 2.24. The van der Waals surface area contributed by atoms with Gasteiger partial charge in [0, 0.05) is 25.8 Å². The van der Waals surface area contributed by atoms with E-state index in [9.17, 15) is 5.26 Å². The van der Waals surface area contributed by atoms with Crippen molar-refractivity contribution in [1.29, 1.82) is 5.26 Å². The number of fused-ring (bicyclic) bond motifs is 1. The van der Waals surface area contributed by atoms with E-state index in [4.69, 9.17) is 0 Å². The first-order chi connectivity index (χ1) is 14.7. The number of hydrogen-bond donors (Lipinski definition) is 1. The maximum Gasteiger partial charge on any atom is 0.167 e. The number of nitriles is 1. The molecule has 1 aliphatic rings. The smallest absolute Gasteiger partial charge is 0.167 e.